The first-order chi connectivity index (χ1) is 15.7. The minimum absolute atomic E-state index is 0.489. The van der Waals surface area contributed by atoms with Crippen LogP contribution in [0, 0.1) is 0 Å². The van der Waals surface area contributed by atoms with Crippen molar-refractivity contribution in [2.45, 2.75) is 128 Å². The molecule has 0 bridgehead atoms. The van der Waals surface area contributed by atoms with E-state index >= 15 is 0 Å². The van der Waals surface area contributed by atoms with Crippen LogP contribution in [-0.4, -0.2) is 38.0 Å². The molecule has 0 aromatic carbocycles. The van der Waals surface area contributed by atoms with Gasteiger partial charge in [-0.05, 0) is 38.8 Å². The molecule has 6 nitrogen and oxygen atoms in total. The molecule has 0 radical (unpaired) electrons. The van der Waals surface area contributed by atoms with Crippen molar-refractivity contribution in [3.63, 3.8) is 0 Å². The highest BCUT2D eigenvalue weighted by Gasteiger charge is 2.11. The van der Waals surface area contributed by atoms with Gasteiger partial charge in [-0.3, -0.25) is 9.59 Å². The van der Waals surface area contributed by atoms with Crippen LogP contribution in [0.2, 0.25) is 0 Å². The molecule has 0 rings (SSSR count). The third-order valence-electron chi connectivity index (χ3n) is 6.04. The lowest BCUT2D eigenvalue weighted by Crippen LogP contribution is -2.40. The fourth-order valence-corrected chi connectivity index (χ4v) is 3.93. The van der Waals surface area contributed by atoms with Crippen LogP contribution >= 0.6 is 0 Å². The lowest BCUT2D eigenvalue weighted by molar-refractivity contribution is -0.139. The van der Waals surface area contributed by atoms with Crippen LogP contribution < -0.4 is 22.1 Å². The maximum atomic E-state index is 11.8. The number of amides is 2. The monoisotopic (exact) mass is 454 g/mol. The molecular weight excluding hydrogens is 400 g/mol. The molecule has 0 fully saturated rings. The van der Waals surface area contributed by atoms with Crippen molar-refractivity contribution < 1.29 is 9.59 Å². The normalized spacial score (nSPS) is 10.9. The van der Waals surface area contributed by atoms with Crippen LogP contribution in [0.5, 0.6) is 0 Å². The van der Waals surface area contributed by atoms with Crippen LogP contribution in [0.25, 0.3) is 0 Å². The van der Waals surface area contributed by atoms with Gasteiger partial charge < -0.3 is 22.1 Å². The molecular formula is C26H54N4O2. The van der Waals surface area contributed by atoms with Crippen molar-refractivity contribution in [1.29, 1.82) is 0 Å². The minimum Gasteiger partial charge on any atom is -0.348 e. The van der Waals surface area contributed by atoms with Gasteiger partial charge in [0.1, 0.15) is 0 Å². The molecule has 0 saturated carbocycles. The number of nitrogens with two attached hydrogens (primary N) is 2. The molecule has 0 spiro atoms. The summed E-state index contributed by atoms with van der Waals surface area (Å²) in [6, 6.07) is 0. The Morgan fingerprint density at radius 1 is 0.375 bits per heavy atom. The molecule has 0 saturated heterocycles. The zero-order valence-corrected chi connectivity index (χ0v) is 20.9. The summed E-state index contributed by atoms with van der Waals surface area (Å²) in [6.45, 7) is 2.82. The maximum Gasteiger partial charge on any atom is 0.309 e. The first kappa shape index (κ1) is 30.9. The van der Waals surface area contributed by atoms with E-state index in [2.05, 4.69) is 10.6 Å². The molecule has 0 aromatic rings. The fraction of sp³-hybridized carbons (Fsp3) is 0.923. The van der Waals surface area contributed by atoms with Gasteiger partial charge >= 0.3 is 11.8 Å². The molecule has 0 heterocycles. The molecule has 0 aliphatic heterocycles. The number of carbonyl (C=O) groups is 2. The molecule has 2 amide bonds. The third kappa shape index (κ3) is 23.5. The maximum absolute atomic E-state index is 11.8. The summed E-state index contributed by atoms with van der Waals surface area (Å²) in [6.07, 6.45) is 24.4. The van der Waals surface area contributed by atoms with E-state index in [1.807, 2.05) is 0 Å². The Balaban J connectivity index is 3.30. The highest BCUT2D eigenvalue weighted by Crippen LogP contribution is 2.11. The minimum atomic E-state index is -0.489. The van der Waals surface area contributed by atoms with E-state index < -0.39 is 11.8 Å². The zero-order chi connectivity index (χ0) is 23.5. The molecule has 32 heavy (non-hydrogen) atoms. The molecule has 0 atom stereocenters. The van der Waals surface area contributed by atoms with E-state index in [9.17, 15) is 9.59 Å². The summed E-state index contributed by atoms with van der Waals surface area (Å²) >= 11 is 0. The van der Waals surface area contributed by atoms with Gasteiger partial charge in [0, 0.05) is 13.1 Å². The quantitative estimate of drug-likeness (QED) is 0.122. The summed E-state index contributed by atoms with van der Waals surface area (Å²) in [5, 5.41) is 5.48. The summed E-state index contributed by atoms with van der Waals surface area (Å²) in [5.74, 6) is -0.978. The zero-order valence-electron chi connectivity index (χ0n) is 20.9. The Bertz CT molecular complexity index is 381. The van der Waals surface area contributed by atoms with Crippen LogP contribution in [0.1, 0.15) is 128 Å². The number of hydrogen-bond donors (Lipinski definition) is 4. The van der Waals surface area contributed by atoms with E-state index in [1.54, 1.807) is 0 Å². The summed E-state index contributed by atoms with van der Waals surface area (Å²) in [7, 11) is 0. The second-order valence-electron chi connectivity index (χ2n) is 9.16. The van der Waals surface area contributed by atoms with Gasteiger partial charge in [0.05, 0.1) is 0 Å². The van der Waals surface area contributed by atoms with Gasteiger partial charge in [-0.1, -0.05) is 103 Å². The van der Waals surface area contributed by atoms with E-state index in [4.69, 9.17) is 11.5 Å². The summed E-state index contributed by atoms with van der Waals surface area (Å²) < 4.78 is 0. The second-order valence-corrected chi connectivity index (χ2v) is 9.16. The van der Waals surface area contributed by atoms with Gasteiger partial charge in [-0.2, -0.15) is 0 Å². The van der Waals surface area contributed by atoms with Crippen molar-refractivity contribution in [2.24, 2.45) is 11.5 Å². The largest absolute Gasteiger partial charge is 0.348 e. The lowest BCUT2D eigenvalue weighted by atomic mass is 10.1. The lowest BCUT2D eigenvalue weighted by Gasteiger charge is -2.07. The molecule has 0 aromatic heterocycles. The van der Waals surface area contributed by atoms with Crippen molar-refractivity contribution in [3.8, 4) is 0 Å². The average Bonchev–Trinajstić information content (AvgIpc) is 2.80. The predicted molar refractivity (Wildman–Crippen MR) is 136 cm³/mol. The molecule has 6 heteroatoms. The SMILES string of the molecule is NCCCCCCCCCCCCNC(=O)C(=O)NCCCCCCCCCCCCN. The molecule has 6 N–H and O–H groups in total. The number of unbranched alkanes of at least 4 members (excludes halogenated alkanes) is 18. The van der Waals surface area contributed by atoms with Gasteiger partial charge in [0.25, 0.3) is 0 Å². The Morgan fingerprint density at radius 2 is 0.594 bits per heavy atom. The Kier molecular flexibility index (Phi) is 25.2. The van der Waals surface area contributed by atoms with Gasteiger partial charge in [0.15, 0.2) is 0 Å². The Hall–Kier alpha value is -1.14. The standard InChI is InChI=1S/C26H54N4O2/c27-21-17-13-9-5-1-3-7-11-15-19-23-29-25(31)26(32)30-24-20-16-12-8-4-2-6-10-14-18-22-28/h1-24,27-28H2,(H,29,31)(H,30,32). The number of carbonyl (C=O) groups excluding carboxylic acids is 2. The third-order valence-corrected chi connectivity index (χ3v) is 6.04. The van der Waals surface area contributed by atoms with Crippen LogP contribution in [0.3, 0.4) is 0 Å². The van der Waals surface area contributed by atoms with Gasteiger partial charge in [-0.25, -0.2) is 0 Å². The Morgan fingerprint density at radius 3 is 0.844 bits per heavy atom. The van der Waals surface area contributed by atoms with Crippen LogP contribution in [0.4, 0.5) is 0 Å². The van der Waals surface area contributed by atoms with Crippen molar-refractivity contribution >= 4 is 11.8 Å². The highest BCUT2D eigenvalue weighted by molar-refractivity contribution is 6.35. The summed E-state index contributed by atoms with van der Waals surface area (Å²) in [5.41, 5.74) is 11.0. The topological polar surface area (TPSA) is 110 Å². The number of hydrogen-bond acceptors (Lipinski definition) is 4. The van der Waals surface area contributed by atoms with Gasteiger partial charge in [0.2, 0.25) is 0 Å². The molecule has 190 valence electrons. The molecule has 0 aliphatic rings. The van der Waals surface area contributed by atoms with Crippen LogP contribution in [0.15, 0.2) is 0 Å². The fourth-order valence-electron chi connectivity index (χ4n) is 3.93. The van der Waals surface area contributed by atoms with Gasteiger partial charge in [-0.15, -0.1) is 0 Å². The first-order valence-electron chi connectivity index (χ1n) is 13.7. The first-order valence-corrected chi connectivity index (χ1v) is 13.7. The highest BCUT2D eigenvalue weighted by atomic mass is 16.2. The smallest absolute Gasteiger partial charge is 0.309 e. The van der Waals surface area contributed by atoms with E-state index in [0.717, 1.165) is 51.6 Å². The second kappa shape index (κ2) is 26.1. The van der Waals surface area contributed by atoms with Crippen molar-refractivity contribution in [2.75, 3.05) is 26.2 Å². The molecule has 0 aliphatic carbocycles. The summed E-state index contributed by atoms with van der Waals surface area (Å²) in [4.78, 5) is 23.6. The van der Waals surface area contributed by atoms with E-state index in [-0.39, 0.29) is 0 Å². The van der Waals surface area contributed by atoms with Crippen molar-refractivity contribution in [3.05, 3.63) is 0 Å². The molecule has 0 unspecified atom stereocenters. The Labute approximate surface area is 198 Å². The predicted octanol–water partition coefficient (Wildman–Crippen LogP) is 4.94. The average molecular weight is 455 g/mol. The number of rotatable bonds is 24. The van der Waals surface area contributed by atoms with E-state index in [1.165, 1.54) is 89.9 Å². The van der Waals surface area contributed by atoms with Crippen LogP contribution in [-0.2, 0) is 9.59 Å². The van der Waals surface area contributed by atoms with E-state index in [0.29, 0.717) is 13.1 Å². The number of nitrogens with one attached hydrogen (secondary N) is 2. The van der Waals surface area contributed by atoms with Crippen molar-refractivity contribution in [1.82, 2.24) is 10.6 Å².